The number of hydrogen-bond donors (Lipinski definition) is 0. The van der Waals surface area contributed by atoms with Crippen LogP contribution in [0.15, 0.2) is 109 Å². The van der Waals surface area contributed by atoms with Crippen molar-refractivity contribution in [1.29, 1.82) is 0 Å². The maximum atomic E-state index is 14.0. The van der Waals surface area contributed by atoms with Gasteiger partial charge in [-0.15, -0.1) is 36.4 Å². The number of ether oxygens (including phenoxy) is 2. The predicted octanol–water partition coefficient (Wildman–Crippen LogP) is 10.4. The van der Waals surface area contributed by atoms with Crippen molar-refractivity contribution in [2.45, 2.75) is 52.4 Å². The van der Waals surface area contributed by atoms with Gasteiger partial charge in [-0.25, -0.2) is 41.8 Å². The molecule has 2 aromatic heterocycles. The zero-order valence-electron chi connectivity index (χ0n) is 30.5. The van der Waals surface area contributed by atoms with Crippen LogP contribution in [0, 0.1) is 49.2 Å². The topological polar surface area (TPSA) is 28.3 Å². The molecule has 0 radical (unpaired) electrons. The van der Waals surface area contributed by atoms with Crippen molar-refractivity contribution in [2.75, 3.05) is 27.4 Å². The van der Waals surface area contributed by atoms with E-state index in [2.05, 4.69) is 12.1 Å². The average molecular weight is 735 g/mol. The SMILES string of the molecule is COCC(C)(C)c1ccc(C)n1-c1ccc(F)[c-]c1F.COCC(C)(C)c1ccc(C)n1-c1ccc(F)[c-]c1F.[Ti+4].c1cc[cH-]c1.c1cc[cH-]c1. The summed E-state index contributed by atoms with van der Waals surface area (Å²) in [6.07, 6.45) is 0. The van der Waals surface area contributed by atoms with Gasteiger partial charge in [-0.1, -0.05) is 27.7 Å². The van der Waals surface area contributed by atoms with Gasteiger partial charge in [0, 0.05) is 71.1 Å². The summed E-state index contributed by atoms with van der Waals surface area (Å²) in [6.45, 7) is 12.9. The largest absolute Gasteiger partial charge is 4.00 e. The minimum absolute atomic E-state index is 0. The Morgan fingerprint density at radius 2 is 0.902 bits per heavy atom. The van der Waals surface area contributed by atoms with E-state index in [1.54, 1.807) is 23.4 Å². The van der Waals surface area contributed by atoms with Gasteiger partial charge < -0.3 is 18.6 Å². The van der Waals surface area contributed by atoms with Crippen molar-refractivity contribution in [1.82, 2.24) is 9.13 Å². The monoisotopic (exact) mass is 734 g/mol. The van der Waals surface area contributed by atoms with Gasteiger partial charge in [0.15, 0.2) is 0 Å². The Morgan fingerprint density at radius 3 is 1.16 bits per heavy atom. The van der Waals surface area contributed by atoms with Gasteiger partial charge in [-0.2, -0.15) is 36.4 Å². The van der Waals surface area contributed by atoms with Crippen LogP contribution in [-0.2, 0) is 42.0 Å². The van der Waals surface area contributed by atoms with E-state index in [4.69, 9.17) is 9.47 Å². The second-order valence-electron chi connectivity index (χ2n) is 13.0. The molecular formula is C42H46F4N2O2Ti. The fraction of sp³-hybridized carbons (Fsp3) is 0.286. The van der Waals surface area contributed by atoms with E-state index in [0.717, 1.165) is 22.8 Å². The molecule has 0 fully saturated rings. The Labute approximate surface area is 315 Å². The fourth-order valence-electron chi connectivity index (χ4n) is 5.50. The van der Waals surface area contributed by atoms with Crippen LogP contribution in [0.3, 0.4) is 0 Å². The van der Waals surface area contributed by atoms with Crippen LogP contribution in [-0.4, -0.2) is 36.6 Å². The molecule has 6 aromatic rings. The van der Waals surface area contributed by atoms with Crippen molar-refractivity contribution >= 4 is 0 Å². The molecule has 0 aliphatic carbocycles. The first-order valence-corrected chi connectivity index (χ1v) is 16.2. The number of methoxy groups -OCH3 is 2. The van der Waals surface area contributed by atoms with Crippen LogP contribution in [0.4, 0.5) is 17.6 Å². The summed E-state index contributed by atoms with van der Waals surface area (Å²) < 4.78 is 68.1. The van der Waals surface area contributed by atoms with Crippen LogP contribution >= 0.6 is 0 Å². The number of hydrogen-bond acceptors (Lipinski definition) is 2. The zero-order chi connectivity index (χ0) is 36.9. The van der Waals surface area contributed by atoms with Gasteiger partial charge in [0.25, 0.3) is 0 Å². The minimum Gasteiger partial charge on any atom is -0.384 e. The first kappa shape index (κ1) is 43.2. The van der Waals surface area contributed by atoms with Crippen molar-refractivity contribution in [3.8, 4) is 11.4 Å². The molecule has 4 aromatic carbocycles. The van der Waals surface area contributed by atoms with E-state index in [1.807, 2.05) is 126 Å². The number of aromatic nitrogens is 2. The summed E-state index contributed by atoms with van der Waals surface area (Å²) in [6, 6.07) is 37.2. The van der Waals surface area contributed by atoms with Crippen LogP contribution in [0.5, 0.6) is 0 Å². The normalized spacial score (nSPS) is 10.9. The first-order valence-electron chi connectivity index (χ1n) is 16.2. The summed E-state index contributed by atoms with van der Waals surface area (Å²) in [7, 11) is 3.27. The molecule has 0 bridgehead atoms. The predicted molar refractivity (Wildman–Crippen MR) is 192 cm³/mol. The van der Waals surface area contributed by atoms with Gasteiger partial charge in [0.2, 0.25) is 0 Å². The average Bonchev–Trinajstić information content (AvgIpc) is 3.88. The van der Waals surface area contributed by atoms with Crippen LogP contribution in [0.25, 0.3) is 11.4 Å². The molecular weight excluding hydrogens is 688 g/mol. The molecule has 0 saturated heterocycles. The van der Waals surface area contributed by atoms with Crippen molar-refractivity contribution in [3.05, 3.63) is 167 Å². The Hall–Kier alpha value is -3.95. The number of rotatable bonds is 8. The fourth-order valence-corrected chi connectivity index (χ4v) is 5.50. The Balaban J connectivity index is 0.000000273. The van der Waals surface area contributed by atoms with E-state index in [1.165, 1.54) is 24.3 Å². The van der Waals surface area contributed by atoms with Gasteiger partial charge in [0.1, 0.15) is 0 Å². The molecule has 0 atom stereocenters. The molecule has 0 amide bonds. The van der Waals surface area contributed by atoms with Gasteiger partial charge in [-0.05, 0) is 49.5 Å². The van der Waals surface area contributed by atoms with Crippen molar-refractivity contribution in [3.63, 3.8) is 0 Å². The molecule has 0 N–H and O–H groups in total. The quantitative estimate of drug-likeness (QED) is 0.0885. The molecule has 9 heteroatoms. The summed E-state index contributed by atoms with van der Waals surface area (Å²) >= 11 is 0. The van der Waals surface area contributed by atoms with Gasteiger partial charge >= 0.3 is 21.7 Å². The minimum atomic E-state index is -0.700. The molecule has 51 heavy (non-hydrogen) atoms. The molecule has 0 aliphatic heterocycles. The maximum absolute atomic E-state index is 14.0. The molecule has 0 spiro atoms. The van der Waals surface area contributed by atoms with Crippen LogP contribution in [0.1, 0.15) is 50.5 Å². The summed E-state index contributed by atoms with van der Waals surface area (Å²) in [5.74, 6) is -2.79. The van der Waals surface area contributed by atoms with E-state index < -0.39 is 23.3 Å². The molecule has 4 nitrogen and oxygen atoms in total. The molecule has 0 aliphatic rings. The van der Waals surface area contributed by atoms with Gasteiger partial charge in [0.05, 0.1) is 13.2 Å². The maximum Gasteiger partial charge on any atom is 4.00 e. The second-order valence-corrected chi connectivity index (χ2v) is 13.0. The van der Waals surface area contributed by atoms with E-state index in [9.17, 15) is 17.6 Å². The molecule has 2 heterocycles. The summed E-state index contributed by atoms with van der Waals surface area (Å²) in [5.41, 5.74) is 3.60. The van der Waals surface area contributed by atoms with Crippen LogP contribution < -0.4 is 0 Å². The summed E-state index contributed by atoms with van der Waals surface area (Å²) in [5, 5.41) is 0. The van der Waals surface area contributed by atoms with Crippen molar-refractivity contribution < 1.29 is 48.8 Å². The van der Waals surface area contributed by atoms with E-state index >= 15 is 0 Å². The molecule has 6 rings (SSSR count). The Morgan fingerprint density at radius 1 is 0.569 bits per heavy atom. The first-order chi connectivity index (χ1) is 23.7. The number of nitrogens with zero attached hydrogens (tertiary/aromatic N) is 2. The molecule has 268 valence electrons. The second kappa shape index (κ2) is 20.2. The zero-order valence-corrected chi connectivity index (χ0v) is 32.1. The standard InChI is InChI=1S/2C16H18F2NO.2C5H5.Ti/c2*1-11-5-8-15(16(2,3)10-20-4)19(11)14-7-6-12(17)9-13(14)18;2*1-2-4-5-3-1;/h2*5-8H,10H2,1-4H3;2*1-5H;/q4*-1;+4. The van der Waals surface area contributed by atoms with Gasteiger partial charge in [-0.3, -0.25) is 0 Å². The Bertz CT molecular complexity index is 1690. The van der Waals surface area contributed by atoms with E-state index in [-0.39, 0.29) is 32.5 Å². The third-order valence-electron chi connectivity index (χ3n) is 7.83. The van der Waals surface area contributed by atoms with Crippen LogP contribution in [0.2, 0.25) is 0 Å². The summed E-state index contributed by atoms with van der Waals surface area (Å²) in [4.78, 5) is 0. The third kappa shape index (κ3) is 12.1. The smallest absolute Gasteiger partial charge is 0.384 e. The molecule has 0 saturated carbocycles. The Kier molecular flexibility index (Phi) is 17.1. The number of aryl methyl sites for hydroxylation is 2. The molecule has 0 unspecified atom stereocenters. The number of benzene rings is 2. The van der Waals surface area contributed by atoms with E-state index in [0.29, 0.717) is 24.6 Å². The number of halogens is 4. The third-order valence-corrected chi connectivity index (χ3v) is 7.83. The van der Waals surface area contributed by atoms with Crippen molar-refractivity contribution in [2.24, 2.45) is 0 Å².